The molecule has 8 nitrogen and oxygen atoms in total. The van der Waals surface area contributed by atoms with E-state index in [0.29, 0.717) is 16.0 Å². The van der Waals surface area contributed by atoms with E-state index in [4.69, 9.17) is 9.84 Å². The highest BCUT2D eigenvalue weighted by Crippen LogP contribution is 2.37. The van der Waals surface area contributed by atoms with Crippen molar-refractivity contribution in [1.29, 1.82) is 0 Å². The number of carboxylic acids is 1. The van der Waals surface area contributed by atoms with Gasteiger partial charge in [0, 0.05) is 0 Å². The van der Waals surface area contributed by atoms with Crippen LogP contribution in [0.15, 0.2) is 36.5 Å². The highest BCUT2D eigenvalue weighted by atomic mass is 32.1. The van der Waals surface area contributed by atoms with Crippen LogP contribution in [0.25, 0.3) is 10.2 Å². The zero-order valence-electron chi connectivity index (χ0n) is 12.1. The lowest BCUT2D eigenvalue weighted by atomic mass is 10.3. The van der Waals surface area contributed by atoms with Crippen LogP contribution < -0.4 is 10.1 Å². The normalized spacial score (nSPS) is 10.5. The summed E-state index contributed by atoms with van der Waals surface area (Å²) in [6.07, 6.45) is 1.32. The predicted molar refractivity (Wildman–Crippen MR) is 85.6 cm³/mol. The van der Waals surface area contributed by atoms with Gasteiger partial charge in [-0.05, 0) is 12.1 Å². The summed E-state index contributed by atoms with van der Waals surface area (Å²) in [7, 11) is 0. The summed E-state index contributed by atoms with van der Waals surface area (Å²) in [5.41, 5.74) is 0.108. The fourth-order valence-corrected chi connectivity index (χ4v) is 2.75. The molecule has 0 aliphatic rings. The Morgan fingerprint density at radius 1 is 1.25 bits per heavy atom. The van der Waals surface area contributed by atoms with E-state index in [1.807, 2.05) is 18.2 Å². The lowest BCUT2D eigenvalue weighted by Crippen LogP contribution is -2.29. The minimum atomic E-state index is -1.19. The molecule has 1 amide bonds. The lowest BCUT2D eigenvalue weighted by molar-refractivity contribution is -0.135. The first-order chi connectivity index (χ1) is 11.5. The summed E-state index contributed by atoms with van der Waals surface area (Å²) in [6.45, 7) is -0.566. The van der Waals surface area contributed by atoms with E-state index in [0.717, 1.165) is 11.3 Å². The number of carboxylic acid groups (broad SMARTS) is 1. The molecule has 0 aliphatic heterocycles. The summed E-state index contributed by atoms with van der Waals surface area (Å²) in [4.78, 5) is 30.4. The smallest absolute Gasteiger partial charge is 0.322 e. The van der Waals surface area contributed by atoms with Crippen molar-refractivity contribution in [3.8, 4) is 16.7 Å². The van der Waals surface area contributed by atoms with Crippen LogP contribution in [0.4, 0.5) is 0 Å². The molecule has 2 aromatic heterocycles. The number of rotatable bonds is 5. The molecule has 0 bridgehead atoms. The minimum absolute atomic E-state index is 0.265. The summed E-state index contributed by atoms with van der Waals surface area (Å²) in [5.74, 6) is -1.75. The van der Waals surface area contributed by atoms with Crippen LogP contribution >= 0.6 is 11.3 Å². The molecule has 0 unspecified atom stereocenters. The Morgan fingerprint density at radius 2 is 2.00 bits per heavy atom. The quantitative estimate of drug-likeness (QED) is 0.646. The number of para-hydroxylation sites is 1. The maximum absolute atomic E-state index is 11.9. The average molecular weight is 345 g/mol. The van der Waals surface area contributed by atoms with Crippen LogP contribution in [0.2, 0.25) is 0 Å². The van der Waals surface area contributed by atoms with Crippen molar-refractivity contribution >= 4 is 33.4 Å². The maximum atomic E-state index is 11.9. The molecular weight excluding hydrogens is 334 g/mol. The molecule has 0 spiro atoms. The monoisotopic (exact) mass is 345 g/mol. The average Bonchev–Trinajstić information content (AvgIpc) is 2.97. The van der Waals surface area contributed by atoms with E-state index in [-0.39, 0.29) is 16.6 Å². The van der Waals surface area contributed by atoms with E-state index in [1.54, 1.807) is 12.1 Å². The van der Waals surface area contributed by atoms with Gasteiger partial charge in [0.1, 0.15) is 22.5 Å². The molecule has 3 rings (SSSR count). The summed E-state index contributed by atoms with van der Waals surface area (Å²) >= 11 is 1.06. The topological polar surface area (TPSA) is 122 Å². The number of ether oxygens (including phenoxy) is 1. The molecular formula is C15H11N3O5S. The molecule has 0 aliphatic carbocycles. The van der Waals surface area contributed by atoms with Gasteiger partial charge >= 0.3 is 5.97 Å². The highest BCUT2D eigenvalue weighted by molar-refractivity contribution is 7.20. The first-order valence-electron chi connectivity index (χ1n) is 6.76. The van der Waals surface area contributed by atoms with Gasteiger partial charge in [0.2, 0.25) is 0 Å². The number of fused-ring (bicyclic) bond motifs is 1. The number of aromatic nitrogens is 2. The molecule has 0 saturated carbocycles. The number of pyridine rings is 1. The zero-order chi connectivity index (χ0) is 17.1. The molecule has 0 fully saturated rings. The highest BCUT2D eigenvalue weighted by Gasteiger charge is 2.19. The molecule has 2 heterocycles. The van der Waals surface area contributed by atoms with Crippen LogP contribution in [-0.2, 0) is 4.79 Å². The minimum Gasteiger partial charge on any atom is -0.504 e. The Labute approximate surface area is 139 Å². The van der Waals surface area contributed by atoms with Gasteiger partial charge in [-0.2, -0.15) is 0 Å². The van der Waals surface area contributed by atoms with Crippen LogP contribution in [0.1, 0.15) is 10.5 Å². The lowest BCUT2D eigenvalue weighted by Gasteiger charge is -2.03. The number of amides is 1. The summed E-state index contributed by atoms with van der Waals surface area (Å²) in [5, 5.41) is 21.2. The number of hydrogen-bond acceptors (Lipinski definition) is 7. The first kappa shape index (κ1) is 15.7. The third-order valence-corrected chi connectivity index (χ3v) is 3.91. The zero-order valence-corrected chi connectivity index (χ0v) is 12.9. The second kappa shape index (κ2) is 6.50. The Morgan fingerprint density at radius 3 is 2.71 bits per heavy atom. The van der Waals surface area contributed by atoms with E-state index >= 15 is 0 Å². The molecule has 122 valence electrons. The Bertz CT molecular complexity index is 910. The van der Waals surface area contributed by atoms with Gasteiger partial charge in [-0.15, -0.1) is 0 Å². The third-order valence-electron chi connectivity index (χ3n) is 2.95. The van der Waals surface area contributed by atoms with Crippen LogP contribution in [0.5, 0.6) is 16.7 Å². The van der Waals surface area contributed by atoms with Crippen molar-refractivity contribution in [2.75, 3.05) is 6.54 Å². The number of nitrogens with zero attached hydrogens (tertiary/aromatic N) is 2. The number of thiazole rings is 1. The number of aromatic hydroxyl groups is 1. The number of nitrogens with one attached hydrogen (secondary N) is 1. The Hall–Kier alpha value is -3.20. The fourth-order valence-electron chi connectivity index (χ4n) is 1.90. The molecule has 24 heavy (non-hydrogen) atoms. The Kier molecular flexibility index (Phi) is 4.25. The van der Waals surface area contributed by atoms with Gasteiger partial charge in [-0.3, -0.25) is 9.59 Å². The number of hydrogen-bond donors (Lipinski definition) is 3. The molecule has 9 heteroatoms. The number of carbonyl (C=O) groups excluding carboxylic acids is 1. The second-order valence-electron chi connectivity index (χ2n) is 4.64. The second-order valence-corrected chi connectivity index (χ2v) is 5.60. The number of benzene rings is 1. The van der Waals surface area contributed by atoms with Crippen LogP contribution in [0.3, 0.4) is 0 Å². The molecule has 0 saturated heterocycles. The van der Waals surface area contributed by atoms with Crippen molar-refractivity contribution in [3.05, 3.63) is 42.2 Å². The molecule has 0 atom stereocenters. The van der Waals surface area contributed by atoms with Gasteiger partial charge in [0.15, 0.2) is 11.4 Å². The number of carbonyl (C=O) groups is 2. The molecule has 0 radical (unpaired) electrons. The van der Waals surface area contributed by atoms with Gasteiger partial charge in [0.05, 0.1) is 6.20 Å². The molecule has 3 aromatic rings. The van der Waals surface area contributed by atoms with E-state index < -0.39 is 18.4 Å². The summed E-state index contributed by atoms with van der Waals surface area (Å²) in [6, 6.07) is 8.99. The van der Waals surface area contributed by atoms with Gasteiger partial charge < -0.3 is 20.3 Å². The van der Waals surface area contributed by atoms with Crippen LogP contribution in [-0.4, -0.2) is 38.6 Å². The fraction of sp³-hybridized carbons (Fsp3) is 0.0667. The van der Waals surface area contributed by atoms with Crippen molar-refractivity contribution < 1.29 is 24.5 Å². The van der Waals surface area contributed by atoms with E-state index in [9.17, 15) is 14.7 Å². The molecule has 3 N–H and O–H groups in total. The summed E-state index contributed by atoms with van der Waals surface area (Å²) < 4.78 is 5.92. The van der Waals surface area contributed by atoms with E-state index in [2.05, 4.69) is 15.3 Å². The standard InChI is InChI=1S/C15H11N3O5S/c19-10(20)7-17-14(22)11-12(21)13-9(6-16-11)18-15(24-13)23-8-4-2-1-3-5-8/h1-6,21H,7H2,(H,17,22)(H,19,20). The van der Waals surface area contributed by atoms with Crippen molar-refractivity contribution in [1.82, 2.24) is 15.3 Å². The molecule has 1 aromatic carbocycles. The van der Waals surface area contributed by atoms with Crippen LogP contribution in [0, 0.1) is 0 Å². The van der Waals surface area contributed by atoms with Crippen molar-refractivity contribution in [2.24, 2.45) is 0 Å². The predicted octanol–water partition coefficient (Wildman–Crippen LogP) is 2.00. The number of aliphatic carboxylic acids is 1. The van der Waals surface area contributed by atoms with Gasteiger partial charge in [0.25, 0.3) is 11.1 Å². The van der Waals surface area contributed by atoms with Gasteiger partial charge in [-0.1, -0.05) is 29.5 Å². The first-order valence-corrected chi connectivity index (χ1v) is 7.57. The third kappa shape index (κ3) is 3.25. The van der Waals surface area contributed by atoms with Crippen molar-refractivity contribution in [3.63, 3.8) is 0 Å². The SMILES string of the molecule is O=C(O)CNC(=O)c1ncc2nc(Oc3ccccc3)sc2c1O. The van der Waals surface area contributed by atoms with Crippen molar-refractivity contribution in [2.45, 2.75) is 0 Å². The largest absolute Gasteiger partial charge is 0.504 e. The van der Waals surface area contributed by atoms with E-state index in [1.165, 1.54) is 6.20 Å². The maximum Gasteiger partial charge on any atom is 0.322 e. The Balaban J connectivity index is 1.88. The van der Waals surface area contributed by atoms with Gasteiger partial charge in [-0.25, -0.2) is 9.97 Å².